The quantitative estimate of drug-likeness (QED) is 0.915. The van der Waals surface area contributed by atoms with Gasteiger partial charge in [0.15, 0.2) is 17.6 Å². The molecule has 3 nitrogen and oxygen atoms in total. The topological polar surface area (TPSA) is 44.5 Å². The summed E-state index contributed by atoms with van der Waals surface area (Å²) in [6.07, 6.45) is -0.147. The van der Waals surface area contributed by atoms with Crippen LogP contribution in [0.25, 0.3) is 0 Å². The Kier molecular flexibility index (Phi) is 3.68. The number of benzene rings is 1. The molecule has 1 aromatic carbocycles. The van der Waals surface area contributed by atoms with Crippen LogP contribution in [-0.2, 0) is 5.41 Å². The van der Waals surface area contributed by atoms with Crippen LogP contribution in [0.1, 0.15) is 36.6 Å². The van der Waals surface area contributed by atoms with E-state index >= 15 is 0 Å². The van der Waals surface area contributed by atoms with Crippen molar-refractivity contribution in [3.63, 3.8) is 0 Å². The van der Waals surface area contributed by atoms with Crippen molar-refractivity contribution in [2.75, 3.05) is 6.61 Å². The summed E-state index contributed by atoms with van der Waals surface area (Å²) in [4.78, 5) is 2.48. The Bertz CT molecular complexity index is 630. The van der Waals surface area contributed by atoms with Gasteiger partial charge in [-0.25, -0.2) is 0 Å². The Hall–Kier alpha value is -1.52. The number of fused-ring (bicyclic) bond motifs is 1. The van der Waals surface area contributed by atoms with Gasteiger partial charge in [0, 0.05) is 9.75 Å². The van der Waals surface area contributed by atoms with Crippen molar-refractivity contribution in [3.05, 3.63) is 46.2 Å². The van der Waals surface area contributed by atoms with Crippen molar-refractivity contribution in [2.45, 2.75) is 38.3 Å². The molecule has 2 N–H and O–H groups in total. The first-order valence-electron chi connectivity index (χ1n) is 7.19. The monoisotopic (exact) mass is 303 g/mol. The summed E-state index contributed by atoms with van der Waals surface area (Å²) in [5, 5.41) is 0. The largest absolute Gasteiger partial charge is 0.486 e. The number of hydrogen-bond acceptors (Lipinski definition) is 4. The predicted octanol–water partition coefficient (Wildman–Crippen LogP) is 3.89. The van der Waals surface area contributed by atoms with Crippen LogP contribution in [0.5, 0.6) is 11.5 Å². The zero-order chi connectivity index (χ0) is 15.0. The highest BCUT2D eigenvalue weighted by Crippen LogP contribution is 2.37. The first kappa shape index (κ1) is 14.4. The highest BCUT2D eigenvalue weighted by molar-refractivity contribution is 7.12. The highest BCUT2D eigenvalue weighted by Gasteiger charge is 2.29. The summed E-state index contributed by atoms with van der Waals surface area (Å²) in [6.45, 7) is 7.13. The fourth-order valence-corrected chi connectivity index (χ4v) is 3.45. The minimum Gasteiger partial charge on any atom is -0.486 e. The minimum absolute atomic E-state index is 0.147. The second kappa shape index (κ2) is 5.35. The van der Waals surface area contributed by atoms with E-state index in [-0.39, 0.29) is 17.6 Å². The van der Waals surface area contributed by atoms with E-state index in [0.29, 0.717) is 6.61 Å². The fraction of sp³-hybridized carbons (Fsp3) is 0.412. The average molecular weight is 303 g/mol. The summed E-state index contributed by atoms with van der Waals surface area (Å²) >= 11 is 1.76. The maximum Gasteiger partial charge on any atom is 0.161 e. The number of para-hydroxylation sites is 2. The molecule has 1 aliphatic rings. The van der Waals surface area contributed by atoms with E-state index in [9.17, 15) is 0 Å². The van der Waals surface area contributed by atoms with Crippen LogP contribution in [0.2, 0.25) is 0 Å². The first-order chi connectivity index (χ1) is 9.95. The van der Waals surface area contributed by atoms with Crippen molar-refractivity contribution >= 4 is 11.3 Å². The number of rotatable bonds is 2. The molecule has 21 heavy (non-hydrogen) atoms. The van der Waals surface area contributed by atoms with Crippen molar-refractivity contribution < 1.29 is 9.47 Å². The lowest BCUT2D eigenvalue weighted by molar-refractivity contribution is 0.0729. The van der Waals surface area contributed by atoms with E-state index in [0.717, 1.165) is 16.4 Å². The molecule has 2 aromatic rings. The van der Waals surface area contributed by atoms with Gasteiger partial charge in [-0.05, 0) is 29.7 Å². The Morgan fingerprint density at radius 2 is 1.86 bits per heavy atom. The van der Waals surface area contributed by atoms with Gasteiger partial charge in [0.25, 0.3) is 0 Å². The van der Waals surface area contributed by atoms with Gasteiger partial charge in [-0.2, -0.15) is 0 Å². The molecule has 4 heteroatoms. The highest BCUT2D eigenvalue weighted by atomic mass is 32.1. The summed E-state index contributed by atoms with van der Waals surface area (Å²) in [5.74, 6) is 1.57. The molecule has 0 amide bonds. The molecule has 1 aliphatic heterocycles. The second-order valence-corrected chi connectivity index (χ2v) is 7.51. The van der Waals surface area contributed by atoms with Gasteiger partial charge in [-0.1, -0.05) is 32.9 Å². The molecule has 0 saturated carbocycles. The van der Waals surface area contributed by atoms with E-state index in [1.807, 2.05) is 24.3 Å². The molecule has 0 radical (unpaired) electrons. The van der Waals surface area contributed by atoms with Gasteiger partial charge in [-0.15, -0.1) is 11.3 Å². The van der Waals surface area contributed by atoms with Crippen LogP contribution < -0.4 is 15.2 Å². The summed E-state index contributed by atoms with van der Waals surface area (Å²) in [5.41, 5.74) is 6.54. The van der Waals surface area contributed by atoms with Gasteiger partial charge >= 0.3 is 0 Å². The molecule has 0 saturated heterocycles. The second-order valence-electron chi connectivity index (χ2n) is 6.39. The van der Waals surface area contributed by atoms with E-state index in [4.69, 9.17) is 15.2 Å². The molecule has 1 aromatic heterocycles. The Labute approximate surface area is 129 Å². The Morgan fingerprint density at radius 1 is 1.14 bits per heavy atom. The standard InChI is InChI=1S/C17H21NO2S/c1-17(2,3)15-9-8-14(21-15)16(18)13-10-19-11-6-4-5-7-12(11)20-13/h4-9,13,16H,10,18H2,1-3H3. The van der Waals surface area contributed by atoms with Crippen molar-refractivity contribution in [2.24, 2.45) is 5.73 Å². The molecule has 0 fully saturated rings. The predicted molar refractivity (Wildman–Crippen MR) is 86.3 cm³/mol. The van der Waals surface area contributed by atoms with Crippen LogP contribution >= 0.6 is 11.3 Å². The van der Waals surface area contributed by atoms with Crippen LogP contribution in [0.4, 0.5) is 0 Å². The lowest BCUT2D eigenvalue weighted by Gasteiger charge is -2.29. The van der Waals surface area contributed by atoms with Crippen LogP contribution in [-0.4, -0.2) is 12.7 Å². The summed E-state index contributed by atoms with van der Waals surface area (Å²) < 4.78 is 11.8. The third-order valence-electron chi connectivity index (χ3n) is 3.63. The molecule has 0 spiro atoms. The number of hydrogen-bond donors (Lipinski definition) is 1. The van der Waals surface area contributed by atoms with E-state index in [1.54, 1.807) is 11.3 Å². The van der Waals surface area contributed by atoms with Gasteiger partial charge in [0.05, 0.1) is 6.04 Å². The molecule has 3 rings (SSSR count). The molecule has 112 valence electrons. The number of ether oxygens (including phenoxy) is 2. The van der Waals surface area contributed by atoms with Crippen molar-refractivity contribution in [3.8, 4) is 11.5 Å². The van der Waals surface area contributed by atoms with Gasteiger partial charge in [-0.3, -0.25) is 0 Å². The molecule has 2 atom stereocenters. The molecular weight excluding hydrogens is 282 g/mol. The maximum absolute atomic E-state index is 6.39. The van der Waals surface area contributed by atoms with Crippen molar-refractivity contribution in [1.82, 2.24) is 0 Å². The molecule has 0 bridgehead atoms. The Morgan fingerprint density at radius 3 is 2.52 bits per heavy atom. The maximum atomic E-state index is 6.39. The number of thiophene rings is 1. The van der Waals surface area contributed by atoms with Crippen LogP contribution in [0.3, 0.4) is 0 Å². The zero-order valence-corrected chi connectivity index (χ0v) is 13.4. The fourth-order valence-electron chi connectivity index (χ4n) is 2.33. The smallest absolute Gasteiger partial charge is 0.161 e. The third kappa shape index (κ3) is 2.92. The van der Waals surface area contributed by atoms with Crippen LogP contribution in [0, 0.1) is 0 Å². The number of nitrogens with two attached hydrogens (primary N) is 1. The van der Waals surface area contributed by atoms with Gasteiger partial charge in [0.2, 0.25) is 0 Å². The van der Waals surface area contributed by atoms with E-state index < -0.39 is 0 Å². The van der Waals surface area contributed by atoms with Crippen molar-refractivity contribution in [1.29, 1.82) is 0 Å². The summed E-state index contributed by atoms with van der Waals surface area (Å²) in [6, 6.07) is 11.8. The Balaban J connectivity index is 1.77. The van der Waals surface area contributed by atoms with Gasteiger partial charge in [0.1, 0.15) is 6.61 Å². The minimum atomic E-state index is -0.167. The van der Waals surface area contributed by atoms with Crippen LogP contribution in [0.15, 0.2) is 36.4 Å². The molecular formula is C17H21NO2S. The molecule has 2 unspecified atom stereocenters. The SMILES string of the molecule is CC(C)(C)c1ccc(C(N)C2COc3ccccc3O2)s1. The zero-order valence-electron chi connectivity index (χ0n) is 12.6. The normalized spacial score (nSPS) is 19.3. The van der Waals surface area contributed by atoms with E-state index in [2.05, 4.69) is 32.9 Å². The third-order valence-corrected chi connectivity index (χ3v) is 5.24. The van der Waals surface area contributed by atoms with E-state index in [1.165, 1.54) is 4.88 Å². The summed E-state index contributed by atoms with van der Waals surface area (Å²) in [7, 11) is 0. The first-order valence-corrected chi connectivity index (χ1v) is 8.01. The van der Waals surface area contributed by atoms with Gasteiger partial charge < -0.3 is 15.2 Å². The lowest BCUT2D eigenvalue weighted by atomic mass is 9.95. The molecule has 2 heterocycles. The lowest BCUT2D eigenvalue weighted by Crippen LogP contribution is -2.38. The molecule has 0 aliphatic carbocycles. The average Bonchev–Trinajstić information content (AvgIpc) is 2.96.